The summed E-state index contributed by atoms with van der Waals surface area (Å²) in [5, 5.41) is 10.2. The summed E-state index contributed by atoms with van der Waals surface area (Å²) in [4.78, 5) is 0. The number of rotatable bonds is 2. The van der Waals surface area contributed by atoms with Crippen molar-refractivity contribution in [1.29, 1.82) is 0 Å². The Hall–Kier alpha value is -1.22. The fourth-order valence-corrected chi connectivity index (χ4v) is 2.73. The zero-order chi connectivity index (χ0) is 12.6. The first-order chi connectivity index (χ1) is 7.99. The van der Waals surface area contributed by atoms with E-state index < -0.39 is 0 Å². The second kappa shape index (κ2) is 4.22. The monoisotopic (exact) mass is 235 g/mol. The molecule has 3 N–H and O–H groups in total. The van der Waals surface area contributed by atoms with Gasteiger partial charge in [-0.2, -0.15) is 0 Å². The lowest BCUT2D eigenvalue weighted by atomic mass is 9.86. The average molecular weight is 235 g/mol. The second-order valence-electron chi connectivity index (χ2n) is 5.11. The molecule has 2 rings (SSSR count). The Morgan fingerprint density at radius 1 is 1.29 bits per heavy atom. The molecule has 1 aromatic rings. The van der Waals surface area contributed by atoms with Crippen LogP contribution in [0, 0.1) is 13.8 Å². The van der Waals surface area contributed by atoms with Crippen molar-refractivity contribution in [1.82, 2.24) is 0 Å². The highest BCUT2D eigenvalue weighted by atomic mass is 16.5. The van der Waals surface area contributed by atoms with E-state index in [9.17, 15) is 5.11 Å². The van der Waals surface area contributed by atoms with E-state index in [-0.39, 0.29) is 11.3 Å². The number of nitrogens with two attached hydrogens (primary N) is 1. The topological polar surface area (TPSA) is 55.5 Å². The first-order valence-corrected chi connectivity index (χ1v) is 6.16. The van der Waals surface area contributed by atoms with E-state index in [1.165, 1.54) is 0 Å². The minimum Gasteiger partial charge on any atom is -0.504 e. The van der Waals surface area contributed by atoms with Crippen LogP contribution in [0.5, 0.6) is 11.5 Å². The normalized spacial score (nSPS) is 18.4. The molecule has 0 radical (unpaired) electrons. The molecular weight excluding hydrogens is 214 g/mol. The molecule has 0 amide bonds. The number of phenolic OH excluding ortho intramolecular Hbond substituents is 1. The molecule has 1 saturated carbocycles. The summed E-state index contributed by atoms with van der Waals surface area (Å²) in [5.41, 5.74) is 9.01. The maximum atomic E-state index is 10.2. The van der Waals surface area contributed by atoms with Gasteiger partial charge in [-0.1, -0.05) is 12.8 Å². The van der Waals surface area contributed by atoms with Crippen LogP contribution in [-0.2, 0) is 5.54 Å². The summed E-state index contributed by atoms with van der Waals surface area (Å²) in [5.74, 6) is 0.789. The van der Waals surface area contributed by atoms with Crippen molar-refractivity contribution < 1.29 is 9.84 Å². The molecular formula is C14H21NO2. The summed E-state index contributed by atoms with van der Waals surface area (Å²) in [6, 6.07) is 2.07. The van der Waals surface area contributed by atoms with Gasteiger partial charge in [-0.25, -0.2) is 0 Å². The molecule has 3 nitrogen and oxygen atoms in total. The molecule has 0 aliphatic heterocycles. The lowest BCUT2D eigenvalue weighted by Crippen LogP contribution is -2.33. The van der Waals surface area contributed by atoms with Gasteiger partial charge in [0.05, 0.1) is 7.11 Å². The number of hydrogen-bond donors (Lipinski definition) is 2. The predicted molar refractivity (Wildman–Crippen MR) is 68.5 cm³/mol. The fraction of sp³-hybridized carbons (Fsp3) is 0.571. The molecule has 1 fully saturated rings. The van der Waals surface area contributed by atoms with E-state index >= 15 is 0 Å². The van der Waals surface area contributed by atoms with Crippen LogP contribution in [0.3, 0.4) is 0 Å². The fourth-order valence-electron chi connectivity index (χ4n) is 2.73. The molecule has 0 bridgehead atoms. The highest BCUT2D eigenvalue weighted by Crippen LogP contribution is 2.45. The van der Waals surface area contributed by atoms with Gasteiger partial charge in [0.15, 0.2) is 11.5 Å². The summed E-state index contributed by atoms with van der Waals surface area (Å²) in [6.07, 6.45) is 4.22. The highest BCUT2D eigenvalue weighted by molar-refractivity contribution is 5.56. The highest BCUT2D eigenvalue weighted by Gasteiger charge is 2.35. The van der Waals surface area contributed by atoms with E-state index in [1.54, 1.807) is 7.11 Å². The third kappa shape index (κ3) is 1.89. The Bertz CT molecular complexity index is 434. The van der Waals surface area contributed by atoms with Gasteiger partial charge in [-0.3, -0.25) is 0 Å². The smallest absolute Gasteiger partial charge is 0.165 e. The van der Waals surface area contributed by atoms with Crippen LogP contribution in [0.25, 0.3) is 0 Å². The number of benzene rings is 1. The van der Waals surface area contributed by atoms with Crippen molar-refractivity contribution in [2.24, 2.45) is 5.73 Å². The van der Waals surface area contributed by atoms with E-state index in [0.29, 0.717) is 5.75 Å². The van der Waals surface area contributed by atoms with Gasteiger partial charge in [0.2, 0.25) is 0 Å². The standard InChI is InChI=1S/C14H21NO2/c1-9-8-11(14(15)6-4-5-7-14)13(17-3)12(16)10(9)2/h8,16H,4-7,15H2,1-3H3. The first kappa shape index (κ1) is 12.2. The van der Waals surface area contributed by atoms with Crippen molar-refractivity contribution >= 4 is 0 Å². The van der Waals surface area contributed by atoms with Gasteiger partial charge in [0, 0.05) is 11.1 Å². The van der Waals surface area contributed by atoms with Crippen LogP contribution < -0.4 is 10.5 Å². The van der Waals surface area contributed by atoms with Gasteiger partial charge in [0.25, 0.3) is 0 Å². The van der Waals surface area contributed by atoms with Gasteiger partial charge in [0.1, 0.15) is 0 Å². The molecule has 1 aliphatic rings. The average Bonchev–Trinajstić information content (AvgIpc) is 2.74. The number of phenols is 1. The van der Waals surface area contributed by atoms with Crippen LogP contribution in [0.15, 0.2) is 6.07 Å². The van der Waals surface area contributed by atoms with Gasteiger partial charge >= 0.3 is 0 Å². The number of aromatic hydroxyl groups is 1. The minimum atomic E-state index is -0.332. The van der Waals surface area contributed by atoms with Crippen molar-refractivity contribution in [3.05, 3.63) is 22.8 Å². The van der Waals surface area contributed by atoms with E-state index in [4.69, 9.17) is 10.5 Å². The minimum absolute atomic E-state index is 0.235. The van der Waals surface area contributed by atoms with Gasteiger partial charge in [-0.05, 0) is 43.9 Å². The van der Waals surface area contributed by atoms with Crippen LogP contribution in [0.4, 0.5) is 0 Å². The number of aryl methyl sites for hydroxylation is 1. The molecule has 17 heavy (non-hydrogen) atoms. The van der Waals surface area contributed by atoms with Gasteiger partial charge < -0.3 is 15.6 Å². The lowest BCUT2D eigenvalue weighted by molar-refractivity contribution is 0.347. The summed E-state index contributed by atoms with van der Waals surface area (Å²) >= 11 is 0. The Labute approximate surface area is 103 Å². The molecule has 1 aliphatic carbocycles. The molecule has 1 aromatic carbocycles. The Morgan fingerprint density at radius 3 is 2.41 bits per heavy atom. The molecule has 3 heteroatoms. The first-order valence-electron chi connectivity index (χ1n) is 6.16. The van der Waals surface area contributed by atoms with Crippen LogP contribution in [0.2, 0.25) is 0 Å². The number of hydrogen-bond acceptors (Lipinski definition) is 3. The summed E-state index contributed by atoms with van der Waals surface area (Å²) in [6.45, 7) is 3.89. The third-order valence-corrected chi connectivity index (χ3v) is 4.00. The predicted octanol–water partition coefficient (Wildman–Crippen LogP) is 2.75. The van der Waals surface area contributed by atoms with E-state index in [2.05, 4.69) is 6.07 Å². The molecule has 94 valence electrons. The number of ether oxygens (including phenoxy) is 1. The quantitative estimate of drug-likeness (QED) is 0.828. The van der Waals surface area contributed by atoms with Crippen molar-refractivity contribution in [3.63, 3.8) is 0 Å². The molecule has 0 spiro atoms. The Morgan fingerprint density at radius 2 is 1.88 bits per heavy atom. The zero-order valence-electron chi connectivity index (χ0n) is 10.8. The zero-order valence-corrected chi connectivity index (χ0v) is 10.8. The molecule has 0 saturated heterocycles. The molecule has 0 unspecified atom stereocenters. The van der Waals surface area contributed by atoms with Crippen molar-refractivity contribution in [3.8, 4) is 11.5 Å². The molecule has 0 heterocycles. The van der Waals surface area contributed by atoms with Crippen molar-refractivity contribution in [2.45, 2.75) is 45.1 Å². The van der Waals surface area contributed by atoms with Gasteiger partial charge in [-0.15, -0.1) is 0 Å². The Balaban J connectivity index is 2.60. The third-order valence-electron chi connectivity index (χ3n) is 4.00. The molecule has 0 aromatic heterocycles. The van der Waals surface area contributed by atoms with Crippen LogP contribution in [0.1, 0.15) is 42.4 Å². The van der Waals surface area contributed by atoms with Crippen LogP contribution in [-0.4, -0.2) is 12.2 Å². The van der Waals surface area contributed by atoms with Crippen molar-refractivity contribution in [2.75, 3.05) is 7.11 Å². The lowest BCUT2D eigenvalue weighted by Gasteiger charge is -2.28. The molecule has 0 atom stereocenters. The number of methoxy groups -OCH3 is 1. The van der Waals surface area contributed by atoms with E-state index in [0.717, 1.165) is 42.4 Å². The Kier molecular flexibility index (Phi) is 3.04. The maximum Gasteiger partial charge on any atom is 0.165 e. The summed E-state index contributed by atoms with van der Waals surface area (Å²) < 4.78 is 5.36. The maximum absolute atomic E-state index is 10.2. The second-order valence-corrected chi connectivity index (χ2v) is 5.11. The van der Waals surface area contributed by atoms with Crippen LogP contribution >= 0.6 is 0 Å². The van der Waals surface area contributed by atoms with E-state index in [1.807, 2.05) is 13.8 Å². The largest absolute Gasteiger partial charge is 0.504 e. The summed E-state index contributed by atoms with van der Waals surface area (Å²) in [7, 11) is 1.59. The SMILES string of the molecule is COc1c(C2(N)CCCC2)cc(C)c(C)c1O.